The zero-order valence-electron chi connectivity index (χ0n) is 9.70. The Hall–Kier alpha value is -1.11. The molecule has 0 bridgehead atoms. The summed E-state index contributed by atoms with van der Waals surface area (Å²) in [5.74, 6) is 0.646. The molecule has 1 rings (SSSR count). The molecule has 0 spiro atoms. The second kappa shape index (κ2) is 6.39. The lowest BCUT2D eigenvalue weighted by molar-refractivity contribution is -0.107. The van der Waals surface area contributed by atoms with Crippen LogP contribution in [0.5, 0.6) is 0 Å². The fourth-order valence-corrected chi connectivity index (χ4v) is 2.10. The van der Waals surface area contributed by atoms with E-state index in [-0.39, 0.29) is 0 Å². The number of carbonyl (C=O) groups excluding carboxylic acids is 1. The van der Waals surface area contributed by atoms with Crippen LogP contribution in [-0.2, 0) is 11.2 Å². The molecule has 0 heterocycles. The predicted octanol–water partition coefficient (Wildman–Crippen LogP) is 3.72. The maximum atomic E-state index is 10.4. The summed E-state index contributed by atoms with van der Waals surface area (Å²) < 4.78 is 0. The lowest BCUT2D eigenvalue weighted by Gasteiger charge is -2.16. The van der Waals surface area contributed by atoms with Gasteiger partial charge in [0.15, 0.2) is 0 Å². The molecule has 1 heteroatoms. The Morgan fingerprint density at radius 2 is 1.87 bits per heavy atom. The third kappa shape index (κ3) is 3.19. The van der Waals surface area contributed by atoms with Crippen LogP contribution in [0.1, 0.15) is 50.2 Å². The van der Waals surface area contributed by atoms with Gasteiger partial charge < -0.3 is 4.79 Å². The van der Waals surface area contributed by atoms with Crippen LogP contribution in [0.4, 0.5) is 0 Å². The minimum Gasteiger partial charge on any atom is -0.303 e. The summed E-state index contributed by atoms with van der Waals surface area (Å²) in [4.78, 5) is 10.4. The summed E-state index contributed by atoms with van der Waals surface area (Å²) in [5, 5.41) is 0. The number of carbonyl (C=O) groups is 1. The van der Waals surface area contributed by atoms with Crippen LogP contribution in [0.3, 0.4) is 0 Å². The maximum absolute atomic E-state index is 10.4. The van der Waals surface area contributed by atoms with E-state index in [2.05, 4.69) is 38.1 Å². The molecule has 0 aliphatic carbocycles. The number of aryl methyl sites for hydroxylation is 1. The van der Waals surface area contributed by atoms with Crippen LogP contribution in [0.15, 0.2) is 24.3 Å². The Morgan fingerprint density at radius 3 is 2.47 bits per heavy atom. The molecule has 1 aromatic rings. The molecule has 82 valence electrons. The first-order valence-electron chi connectivity index (χ1n) is 5.84. The minimum atomic E-state index is 0.636. The van der Waals surface area contributed by atoms with Crippen molar-refractivity contribution in [3.05, 3.63) is 35.4 Å². The van der Waals surface area contributed by atoms with Gasteiger partial charge in [-0.15, -0.1) is 0 Å². The van der Waals surface area contributed by atoms with Crippen molar-refractivity contribution < 1.29 is 4.79 Å². The largest absolute Gasteiger partial charge is 0.303 e. The van der Waals surface area contributed by atoms with Crippen molar-refractivity contribution in [2.75, 3.05) is 0 Å². The molecule has 15 heavy (non-hydrogen) atoms. The van der Waals surface area contributed by atoms with Crippen LogP contribution in [0.25, 0.3) is 0 Å². The van der Waals surface area contributed by atoms with Gasteiger partial charge in [0.2, 0.25) is 0 Å². The summed E-state index contributed by atoms with van der Waals surface area (Å²) in [7, 11) is 0. The molecular weight excluding hydrogens is 184 g/mol. The van der Waals surface area contributed by atoms with Gasteiger partial charge >= 0.3 is 0 Å². The summed E-state index contributed by atoms with van der Waals surface area (Å²) in [6.45, 7) is 4.45. The fourth-order valence-electron chi connectivity index (χ4n) is 2.10. The van der Waals surface area contributed by atoms with E-state index in [1.165, 1.54) is 24.0 Å². The molecule has 1 nitrogen and oxygen atoms in total. The van der Waals surface area contributed by atoms with Crippen molar-refractivity contribution >= 4 is 6.29 Å². The van der Waals surface area contributed by atoms with Gasteiger partial charge in [-0.2, -0.15) is 0 Å². The molecule has 0 saturated carbocycles. The molecule has 0 N–H and O–H groups in total. The van der Waals surface area contributed by atoms with Crippen LogP contribution >= 0.6 is 0 Å². The molecule has 0 unspecified atom stereocenters. The van der Waals surface area contributed by atoms with Crippen LogP contribution in [-0.4, -0.2) is 6.29 Å². The monoisotopic (exact) mass is 204 g/mol. The maximum Gasteiger partial charge on any atom is 0.120 e. The average molecular weight is 204 g/mol. The Labute approximate surface area is 92.5 Å². The summed E-state index contributed by atoms with van der Waals surface area (Å²) in [6, 6.07) is 8.51. The van der Waals surface area contributed by atoms with Crippen LogP contribution in [0.2, 0.25) is 0 Å². The van der Waals surface area contributed by atoms with E-state index in [1.807, 2.05) is 0 Å². The molecule has 1 aromatic carbocycles. The average Bonchev–Trinajstić information content (AvgIpc) is 2.29. The molecule has 0 atom stereocenters. The van der Waals surface area contributed by atoms with E-state index in [0.29, 0.717) is 12.3 Å². The molecule has 0 aliphatic rings. The highest BCUT2D eigenvalue weighted by atomic mass is 16.1. The second-order valence-corrected chi connectivity index (χ2v) is 3.92. The predicted molar refractivity (Wildman–Crippen MR) is 64.2 cm³/mol. The lowest BCUT2D eigenvalue weighted by atomic mass is 9.88. The molecule has 0 amide bonds. The zero-order chi connectivity index (χ0) is 11.1. The van der Waals surface area contributed by atoms with E-state index >= 15 is 0 Å². The van der Waals surface area contributed by atoms with Gasteiger partial charge in [-0.3, -0.25) is 0 Å². The van der Waals surface area contributed by atoms with Gasteiger partial charge in [0.1, 0.15) is 6.29 Å². The van der Waals surface area contributed by atoms with Gasteiger partial charge in [0, 0.05) is 6.42 Å². The van der Waals surface area contributed by atoms with E-state index in [1.54, 1.807) is 0 Å². The second-order valence-electron chi connectivity index (χ2n) is 3.92. The Bertz CT molecular complexity index is 300. The van der Waals surface area contributed by atoms with Gasteiger partial charge in [-0.1, -0.05) is 38.1 Å². The topological polar surface area (TPSA) is 17.1 Å². The number of rotatable bonds is 6. The third-order valence-corrected chi connectivity index (χ3v) is 3.01. The van der Waals surface area contributed by atoms with Crippen molar-refractivity contribution in [2.24, 2.45) is 0 Å². The summed E-state index contributed by atoms with van der Waals surface area (Å²) in [5.41, 5.74) is 2.78. The highest BCUT2D eigenvalue weighted by Crippen LogP contribution is 2.26. The Morgan fingerprint density at radius 1 is 1.20 bits per heavy atom. The van der Waals surface area contributed by atoms with Crippen molar-refractivity contribution in [1.82, 2.24) is 0 Å². The standard InChI is InChI=1S/C14H20O/c1-3-12(4-2)14-10-6-5-8-13(14)9-7-11-15/h5-6,8,10-12H,3-4,7,9H2,1-2H3. The van der Waals surface area contributed by atoms with Gasteiger partial charge in [0.25, 0.3) is 0 Å². The quantitative estimate of drug-likeness (QED) is 0.645. The van der Waals surface area contributed by atoms with Gasteiger partial charge in [0.05, 0.1) is 0 Å². The minimum absolute atomic E-state index is 0.636. The Kier molecular flexibility index (Phi) is 5.09. The van der Waals surface area contributed by atoms with Crippen molar-refractivity contribution in [3.63, 3.8) is 0 Å². The van der Waals surface area contributed by atoms with E-state index in [9.17, 15) is 4.79 Å². The summed E-state index contributed by atoms with van der Waals surface area (Å²) >= 11 is 0. The van der Waals surface area contributed by atoms with E-state index < -0.39 is 0 Å². The lowest BCUT2D eigenvalue weighted by Crippen LogP contribution is -2.01. The van der Waals surface area contributed by atoms with Crippen molar-refractivity contribution in [2.45, 2.75) is 45.4 Å². The van der Waals surface area contributed by atoms with E-state index in [4.69, 9.17) is 0 Å². The first kappa shape index (κ1) is 12.0. The molecule has 0 radical (unpaired) electrons. The number of benzene rings is 1. The van der Waals surface area contributed by atoms with Gasteiger partial charge in [-0.25, -0.2) is 0 Å². The molecule has 0 aromatic heterocycles. The number of aldehydes is 1. The first-order valence-corrected chi connectivity index (χ1v) is 5.84. The van der Waals surface area contributed by atoms with Crippen LogP contribution in [0, 0.1) is 0 Å². The fraction of sp³-hybridized carbons (Fsp3) is 0.500. The highest BCUT2D eigenvalue weighted by molar-refractivity contribution is 5.50. The zero-order valence-corrected chi connectivity index (χ0v) is 9.70. The van der Waals surface area contributed by atoms with E-state index in [0.717, 1.165) is 12.7 Å². The molecule has 0 fully saturated rings. The van der Waals surface area contributed by atoms with Crippen molar-refractivity contribution in [3.8, 4) is 0 Å². The Balaban J connectivity index is 2.88. The van der Waals surface area contributed by atoms with Crippen LogP contribution < -0.4 is 0 Å². The number of hydrogen-bond donors (Lipinski definition) is 0. The molecular formula is C14H20O. The smallest absolute Gasteiger partial charge is 0.120 e. The SMILES string of the molecule is CCC(CC)c1ccccc1CCC=O. The summed E-state index contributed by atoms with van der Waals surface area (Å²) in [6.07, 6.45) is 4.88. The first-order chi connectivity index (χ1) is 7.33. The normalized spacial score (nSPS) is 10.6. The van der Waals surface area contributed by atoms with Gasteiger partial charge in [-0.05, 0) is 36.3 Å². The molecule has 0 saturated heterocycles. The molecule has 0 aliphatic heterocycles. The number of hydrogen-bond acceptors (Lipinski definition) is 1. The third-order valence-electron chi connectivity index (χ3n) is 3.01. The highest BCUT2D eigenvalue weighted by Gasteiger charge is 2.10. The van der Waals surface area contributed by atoms with Crippen molar-refractivity contribution in [1.29, 1.82) is 0 Å².